The summed E-state index contributed by atoms with van der Waals surface area (Å²) in [5.74, 6) is 0. The molecule has 0 spiro atoms. The maximum atomic E-state index is 8.88. The Morgan fingerprint density at radius 2 is 1.62 bits per heavy atom. The monoisotopic (exact) mass is 290 g/mol. The first-order valence-corrected chi connectivity index (χ1v) is 6.87. The van der Waals surface area contributed by atoms with E-state index < -0.39 is 0 Å². The van der Waals surface area contributed by atoms with Crippen LogP contribution in [0.3, 0.4) is 0 Å². The first kappa shape index (κ1) is 13.4. The molecule has 21 heavy (non-hydrogen) atoms. The van der Waals surface area contributed by atoms with Gasteiger partial charge in [-0.05, 0) is 23.8 Å². The van der Waals surface area contributed by atoms with E-state index in [-0.39, 0.29) is 0 Å². The van der Waals surface area contributed by atoms with Crippen LogP contribution in [-0.2, 0) is 0 Å². The molecule has 0 aliphatic rings. The molecule has 2 nitrogen and oxygen atoms in total. The summed E-state index contributed by atoms with van der Waals surface area (Å²) in [6.07, 6.45) is 1.64. The zero-order valence-corrected chi connectivity index (χ0v) is 11.9. The third-order valence-corrected chi connectivity index (χ3v) is 3.43. The third kappa shape index (κ3) is 2.79. The quantitative estimate of drug-likeness (QED) is 0.670. The maximum Gasteiger partial charge on any atom is 0.0991 e. The fourth-order valence-electron chi connectivity index (χ4n) is 2.21. The predicted molar refractivity (Wildman–Crippen MR) is 84.8 cm³/mol. The zero-order valence-electron chi connectivity index (χ0n) is 11.1. The second kappa shape index (κ2) is 5.78. The smallest absolute Gasteiger partial charge is 0.0991 e. The fourth-order valence-corrected chi connectivity index (χ4v) is 2.37. The van der Waals surface area contributed by atoms with E-state index in [1.807, 2.05) is 48.5 Å². The van der Waals surface area contributed by atoms with Gasteiger partial charge in [0.05, 0.1) is 22.3 Å². The molecule has 0 radical (unpaired) electrons. The van der Waals surface area contributed by atoms with Gasteiger partial charge in [-0.25, -0.2) is 0 Å². The molecule has 2 aromatic carbocycles. The van der Waals surface area contributed by atoms with Crippen molar-refractivity contribution >= 4 is 11.6 Å². The number of hydrogen-bond acceptors (Lipinski definition) is 2. The summed E-state index contributed by atoms with van der Waals surface area (Å²) in [7, 11) is 0. The Bertz CT molecular complexity index is 803. The molecule has 0 aliphatic heterocycles. The van der Waals surface area contributed by atoms with Crippen LogP contribution in [0.15, 0.2) is 66.9 Å². The van der Waals surface area contributed by atoms with E-state index in [1.165, 1.54) is 0 Å². The van der Waals surface area contributed by atoms with Gasteiger partial charge in [-0.15, -0.1) is 0 Å². The van der Waals surface area contributed by atoms with Gasteiger partial charge < -0.3 is 0 Å². The number of aromatic nitrogens is 1. The Kier molecular flexibility index (Phi) is 3.68. The van der Waals surface area contributed by atoms with E-state index in [9.17, 15) is 0 Å². The fraction of sp³-hybridized carbons (Fsp3) is 0. The van der Waals surface area contributed by atoms with Crippen LogP contribution < -0.4 is 0 Å². The maximum absolute atomic E-state index is 8.88. The molecule has 0 fully saturated rings. The average Bonchev–Trinajstić information content (AvgIpc) is 2.56. The summed E-state index contributed by atoms with van der Waals surface area (Å²) >= 11 is 6.10. The van der Waals surface area contributed by atoms with Gasteiger partial charge in [0.25, 0.3) is 0 Å². The molecule has 0 amide bonds. The van der Waals surface area contributed by atoms with Crippen molar-refractivity contribution in [3.05, 3.63) is 77.4 Å². The Hall–Kier alpha value is -2.63. The lowest BCUT2D eigenvalue weighted by Gasteiger charge is -2.09. The predicted octanol–water partition coefficient (Wildman–Crippen LogP) is 4.94. The molecule has 0 bridgehead atoms. The SMILES string of the molecule is N#Cc1ccc(-c2ncc(Cl)cc2-c2ccccc2)cc1. The molecule has 3 rings (SSSR count). The van der Waals surface area contributed by atoms with Gasteiger partial charge in [-0.3, -0.25) is 4.98 Å². The number of rotatable bonds is 2. The van der Waals surface area contributed by atoms with Crippen LogP contribution in [0.1, 0.15) is 5.56 Å². The highest BCUT2D eigenvalue weighted by Gasteiger charge is 2.09. The van der Waals surface area contributed by atoms with Crippen molar-refractivity contribution in [2.45, 2.75) is 0 Å². The summed E-state index contributed by atoms with van der Waals surface area (Å²) in [5, 5.41) is 9.49. The molecule has 0 saturated carbocycles. The van der Waals surface area contributed by atoms with Gasteiger partial charge >= 0.3 is 0 Å². The molecule has 0 unspecified atom stereocenters. The highest BCUT2D eigenvalue weighted by molar-refractivity contribution is 6.30. The lowest BCUT2D eigenvalue weighted by Crippen LogP contribution is -1.89. The van der Waals surface area contributed by atoms with Gasteiger partial charge in [0.15, 0.2) is 0 Å². The average molecular weight is 291 g/mol. The summed E-state index contributed by atoms with van der Waals surface area (Å²) in [5.41, 5.74) is 4.49. The first-order chi connectivity index (χ1) is 10.3. The number of nitrogens with zero attached hydrogens (tertiary/aromatic N) is 2. The second-order valence-corrected chi connectivity index (χ2v) is 5.04. The molecular formula is C18H11ClN2. The summed E-state index contributed by atoms with van der Waals surface area (Å²) < 4.78 is 0. The lowest BCUT2D eigenvalue weighted by molar-refractivity contribution is 1.32. The largest absolute Gasteiger partial charge is 0.254 e. The number of halogens is 1. The number of pyridine rings is 1. The molecule has 0 aliphatic carbocycles. The van der Waals surface area contributed by atoms with Crippen LogP contribution in [-0.4, -0.2) is 4.98 Å². The van der Waals surface area contributed by atoms with Crippen molar-refractivity contribution in [3.63, 3.8) is 0 Å². The first-order valence-electron chi connectivity index (χ1n) is 6.49. The Labute approximate surface area is 128 Å². The normalized spacial score (nSPS) is 10.1. The van der Waals surface area contributed by atoms with Gasteiger partial charge in [0, 0.05) is 17.3 Å². The van der Waals surface area contributed by atoms with Crippen molar-refractivity contribution in [2.24, 2.45) is 0 Å². The molecular weight excluding hydrogens is 280 g/mol. The standard InChI is InChI=1S/C18H11ClN2/c19-16-10-17(14-4-2-1-3-5-14)18(21-12-16)15-8-6-13(11-20)7-9-15/h1-10,12H. The van der Waals surface area contributed by atoms with Crippen LogP contribution in [0.25, 0.3) is 22.4 Å². The van der Waals surface area contributed by atoms with Crippen LogP contribution >= 0.6 is 11.6 Å². The van der Waals surface area contributed by atoms with Crippen LogP contribution in [0, 0.1) is 11.3 Å². The minimum atomic E-state index is 0.603. The van der Waals surface area contributed by atoms with Crippen molar-refractivity contribution in [2.75, 3.05) is 0 Å². The van der Waals surface area contributed by atoms with Crippen molar-refractivity contribution in [1.82, 2.24) is 4.98 Å². The molecule has 0 saturated heterocycles. The van der Waals surface area contributed by atoms with E-state index in [4.69, 9.17) is 16.9 Å². The molecule has 3 aromatic rings. The molecule has 1 heterocycles. The van der Waals surface area contributed by atoms with Gasteiger partial charge in [0.2, 0.25) is 0 Å². The molecule has 0 N–H and O–H groups in total. The zero-order chi connectivity index (χ0) is 14.7. The van der Waals surface area contributed by atoms with Crippen LogP contribution in [0.2, 0.25) is 5.02 Å². The third-order valence-electron chi connectivity index (χ3n) is 3.23. The van der Waals surface area contributed by atoms with E-state index in [0.29, 0.717) is 10.6 Å². The number of benzene rings is 2. The summed E-state index contributed by atoms with van der Waals surface area (Å²) in [4.78, 5) is 4.47. The Balaban J connectivity index is 2.16. The molecule has 0 atom stereocenters. The van der Waals surface area contributed by atoms with E-state index in [1.54, 1.807) is 18.3 Å². The molecule has 3 heteroatoms. The second-order valence-electron chi connectivity index (χ2n) is 4.60. The van der Waals surface area contributed by atoms with Gasteiger partial charge in [0.1, 0.15) is 0 Å². The highest BCUT2D eigenvalue weighted by atomic mass is 35.5. The van der Waals surface area contributed by atoms with Gasteiger partial charge in [-0.1, -0.05) is 54.1 Å². The van der Waals surface area contributed by atoms with Crippen LogP contribution in [0.5, 0.6) is 0 Å². The van der Waals surface area contributed by atoms with E-state index >= 15 is 0 Å². The van der Waals surface area contributed by atoms with Crippen LogP contribution in [0.4, 0.5) is 0 Å². The van der Waals surface area contributed by atoms with Crippen molar-refractivity contribution < 1.29 is 0 Å². The van der Waals surface area contributed by atoms with Crippen molar-refractivity contribution in [1.29, 1.82) is 5.26 Å². The lowest BCUT2D eigenvalue weighted by atomic mass is 9.99. The highest BCUT2D eigenvalue weighted by Crippen LogP contribution is 2.32. The van der Waals surface area contributed by atoms with E-state index in [2.05, 4.69) is 11.1 Å². The van der Waals surface area contributed by atoms with Gasteiger partial charge in [-0.2, -0.15) is 5.26 Å². The van der Waals surface area contributed by atoms with E-state index in [0.717, 1.165) is 22.4 Å². The van der Waals surface area contributed by atoms with Crippen molar-refractivity contribution in [3.8, 4) is 28.5 Å². The number of nitriles is 1. The number of hydrogen-bond donors (Lipinski definition) is 0. The minimum absolute atomic E-state index is 0.603. The summed E-state index contributed by atoms with van der Waals surface area (Å²) in [6.45, 7) is 0. The minimum Gasteiger partial charge on any atom is -0.254 e. The molecule has 100 valence electrons. The Morgan fingerprint density at radius 1 is 0.905 bits per heavy atom. The molecule has 1 aromatic heterocycles. The Morgan fingerprint density at radius 3 is 2.29 bits per heavy atom. The summed E-state index contributed by atoms with van der Waals surface area (Å²) in [6, 6.07) is 21.4. The topological polar surface area (TPSA) is 36.7 Å².